The summed E-state index contributed by atoms with van der Waals surface area (Å²) in [5, 5.41) is 8.84. The number of imide groups is 1. The number of amides is 4. The number of carbonyl (C=O) groups excluding carboxylic acids is 3. The van der Waals surface area contributed by atoms with Crippen molar-refractivity contribution < 1.29 is 14.4 Å². The number of aromatic nitrogens is 2. The summed E-state index contributed by atoms with van der Waals surface area (Å²) in [7, 11) is 1.72. The van der Waals surface area contributed by atoms with Gasteiger partial charge in [0.25, 0.3) is 5.91 Å². The van der Waals surface area contributed by atoms with Crippen LogP contribution in [0.5, 0.6) is 0 Å². The lowest BCUT2D eigenvalue weighted by atomic mass is 10.1. The van der Waals surface area contributed by atoms with E-state index < -0.39 is 12.1 Å². The first kappa shape index (κ1) is 16.7. The van der Waals surface area contributed by atoms with E-state index in [1.165, 1.54) is 0 Å². The van der Waals surface area contributed by atoms with E-state index in [9.17, 15) is 14.4 Å². The van der Waals surface area contributed by atoms with Crippen LogP contribution in [0.2, 0.25) is 0 Å². The monoisotopic (exact) mass is 341 g/mol. The second-order valence-electron chi connectivity index (χ2n) is 5.92. The Labute approximate surface area is 144 Å². The Bertz CT molecular complexity index is 787. The van der Waals surface area contributed by atoms with Crippen LogP contribution in [-0.4, -0.2) is 45.6 Å². The predicted octanol–water partition coefficient (Wildman–Crippen LogP) is 0.819. The van der Waals surface area contributed by atoms with Crippen LogP contribution in [0, 0.1) is 0 Å². The maximum atomic E-state index is 12.3. The number of nitrogens with zero attached hydrogens (tertiary/aromatic N) is 3. The van der Waals surface area contributed by atoms with Gasteiger partial charge in [-0.1, -0.05) is 12.1 Å². The van der Waals surface area contributed by atoms with Crippen molar-refractivity contribution in [1.82, 2.24) is 25.3 Å². The molecule has 1 saturated heterocycles. The summed E-state index contributed by atoms with van der Waals surface area (Å²) in [6, 6.07) is 8.49. The van der Waals surface area contributed by atoms with Gasteiger partial charge in [0.1, 0.15) is 6.04 Å². The second-order valence-corrected chi connectivity index (χ2v) is 5.92. The number of benzene rings is 1. The minimum absolute atomic E-state index is 0.0848. The lowest BCUT2D eigenvalue weighted by Crippen LogP contribution is -2.32. The molecule has 4 amide bonds. The third-order valence-electron chi connectivity index (χ3n) is 4.03. The third kappa shape index (κ3) is 4.03. The molecule has 1 unspecified atom stereocenters. The highest BCUT2D eigenvalue weighted by atomic mass is 16.2. The van der Waals surface area contributed by atoms with Crippen molar-refractivity contribution in [1.29, 1.82) is 0 Å². The lowest BCUT2D eigenvalue weighted by Gasteiger charge is -2.18. The first-order valence-electron chi connectivity index (χ1n) is 7.97. The van der Waals surface area contributed by atoms with Crippen molar-refractivity contribution in [3.63, 3.8) is 0 Å². The van der Waals surface area contributed by atoms with E-state index in [-0.39, 0.29) is 24.7 Å². The largest absolute Gasteiger partial charge is 0.341 e. The molecule has 0 saturated carbocycles. The van der Waals surface area contributed by atoms with Gasteiger partial charge in [-0.05, 0) is 30.2 Å². The molecular formula is C17H19N5O3. The minimum atomic E-state index is -0.631. The molecule has 0 spiro atoms. The Balaban J connectivity index is 1.55. The standard InChI is InChI=1S/C17H19N5O3/c1-21(15(23)7-6-14-16(24)20-17(25)19-14)11-12-4-2-5-13(10-12)22-9-3-8-18-22/h2-5,8-10,14H,6-7,11H2,1H3,(H2,19,20,24,25). The van der Waals surface area contributed by atoms with Crippen molar-refractivity contribution in [2.45, 2.75) is 25.4 Å². The molecule has 1 aromatic carbocycles. The lowest BCUT2D eigenvalue weighted by molar-refractivity contribution is -0.130. The van der Waals surface area contributed by atoms with Crippen LogP contribution in [0.25, 0.3) is 5.69 Å². The molecule has 2 aromatic rings. The van der Waals surface area contributed by atoms with E-state index in [0.717, 1.165) is 11.3 Å². The van der Waals surface area contributed by atoms with E-state index in [1.54, 1.807) is 22.8 Å². The quantitative estimate of drug-likeness (QED) is 0.760. The number of urea groups is 1. The first-order chi connectivity index (χ1) is 12.0. The highest BCUT2D eigenvalue weighted by molar-refractivity contribution is 6.04. The zero-order valence-corrected chi connectivity index (χ0v) is 13.8. The molecule has 3 rings (SSSR count). The maximum Gasteiger partial charge on any atom is 0.322 e. The SMILES string of the molecule is CN(Cc1cccc(-n2cccn2)c1)C(=O)CCC1NC(=O)NC1=O. The van der Waals surface area contributed by atoms with Crippen LogP contribution in [0.1, 0.15) is 18.4 Å². The molecule has 0 bridgehead atoms. The van der Waals surface area contributed by atoms with Crippen LogP contribution in [0.4, 0.5) is 4.79 Å². The van der Waals surface area contributed by atoms with Crippen molar-refractivity contribution >= 4 is 17.8 Å². The van der Waals surface area contributed by atoms with Crippen LogP contribution in [-0.2, 0) is 16.1 Å². The van der Waals surface area contributed by atoms with E-state index in [1.807, 2.05) is 36.5 Å². The summed E-state index contributed by atoms with van der Waals surface area (Å²) in [5.74, 6) is -0.467. The molecule has 2 heterocycles. The summed E-state index contributed by atoms with van der Waals surface area (Å²) < 4.78 is 1.76. The molecule has 0 radical (unpaired) electrons. The highest BCUT2D eigenvalue weighted by Gasteiger charge is 2.29. The third-order valence-corrected chi connectivity index (χ3v) is 4.03. The molecule has 8 heteroatoms. The number of carbonyl (C=O) groups is 3. The normalized spacial score (nSPS) is 16.4. The van der Waals surface area contributed by atoms with Gasteiger partial charge in [0.15, 0.2) is 0 Å². The van der Waals surface area contributed by atoms with Crippen LogP contribution < -0.4 is 10.6 Å². The predicted molar refractivity (Wildman–Crippen MR) is 89.7 cm³/mol. The first-order valence-corrected chi connectivity index (χ1v) is 7.97. The summed E-state index contributed by atoms with van der Waals surface area (Å²) >= 11 is 0. The molecule has 130 valence electrons. The summed E-state index contributed by atoms with van der Waals surface area (Å²) in [5.41, 5.74) is 1.91. The van der Waals surface area contributed by atoms with Crippen LogP contribution in [0.3, 0.4) is 0 Å². The fraction of sp³-hybridized carbons (Fsp3) is 0.294. The van der Waals surface area contributed by atoms with Crippen LogP contribution >= 0.6 is 0 Å². The van der Waals surface area contributed by atoms with Gasteiger partial charge < -0.3 is 10.2 Å². The summed E-state index contributed by atoms with van der Waals surface area (Å²) in [4.78, 5) is 36.4. The zero-order chi connectivity index (χ0) is 17.8. The molecule has 1 atom stereocenters. The Morgan fingerprint density at radius 3 is 2.84 bits per heavy atom. The minimum Gasteiger partial charge on any atom is -0.341 e. The average Bonchev–Trinajstić information content (AvgIpc) is 3.22. The maximum absolute atomic E-state index is 12.3. The number of hydrogen-bond acceptors (Lipinski definition) is 4. The molecule has 8 nitrogen and oxygen atoms in total. The van der Waals surface area contributed by atoms with Gasteiger partial charge in [0.05, 0.1) is 5.69 Å². The highest BCUT2D eigenvalue weighted by Crippen LogP contribution is 2.12. The van der Waals surface area contributed by atoms with Crippen molar-refractivity contribution in [3.8, 4) is 5.69 Å². The van der Waals surface area contributed by atoms with Gasteiger partial charge in [-0.3, -0.25) is 14.9 Å². The van der Waals surface area contributed by atoms with Gasteiger partial charge in [-0.15, -0.1) is 0 Å². The molecule has 1 fully saturated rings. The Kier molecular flexibility index (Phi) is 4.78. The zero-order valence-electron chi connectivity index (χ0n) is 13.8. The second kappa shape index (κ2) is 7.16. The molecule has 25 heavy (non-hydrogen) atoms. The average molecular weight is 341 g/mol. The topological polar surface area (TPSA) is 96.3 Å². The molecule has 1 aromatic heterocycles. The smallest absolute Gasteiger partial charge is 0.322 e. The van der Waals surface area contributed by atoms with Gasteiger partial charge in [-0.25, -0.2) is 9.48 Å². The fourth-order valence-electron chi connectivity index (χ4n) is 2.70. The fourth-order valence-corrected chi connectivity index (χ4v) is 2.70. The van der Waals surface area contributed by atoms with E-state index in [0.29, 0.717) is 6.54 Å². The van der Waals surface area contributed by atoms with E-state index >= 15 is 0 Å². The van der Waals surface area contributed by atoms with Gasteiger partial charge >= 0.3 is 6.03 Å². The summed E-state index contributed by atoms with van der Waals surface area (Å²) in [6.45, 7) is 0.456. The molecule has 0 aliphatic carbocycles. The van der Waals surface area contributed by atoms with Gasteiger partial charge in [0, 0.05) is 32.4 Å². The number of hydrogen-bond donors (Lipinski definition) is 2. The number of rotatable bonds is 6. The van der Waals surface area contributed by atoms with Crippen LogP contribution in [0.15, 0.2) is 42.7 Å². The van der Waals surface area contributed by atoms with E-state index in [2.05, 4.69) is 15.7 Å². The Morgan fingerprint density at radius 2 is 2.16 bits per heavy atom. The number of nitrogens with one attached hydrogen (secondary N) is 2. The van der Waals surface area contributed by atoms with E-state index in [4.69, 9.17) is 0 Å². The Morgan fingerprint density at radius 1 is 1.32 bits per heavy atom. The molecule has 2 N–H and O–H groups in total. The van der Waals surface area contributed by atoms with Gasteiger partial charge in [-0.2, -0.15) is 5.10 Å². The molecular weight excluding hydrogens is 322 g/mol. The van der Waals surface area contributed by atoms with Crippen molar-refractivity contribution in [2.24, 2.45) is 0 Å². The Hall–Kier alpha value is -3.16. The molecule has 1 aliphatic heterocycles. The van der Waals surface area contributed by atoms with Crippen molar-refractivity contribution in [3.05, 3.63) is 48.3 Å². The van der Waals surface area contributed by atoms with Gasteiger partial charge in [0.2, 0.25) is 5.91 Å². The van der Waals surface area contributed by atoms with Crippen molar-refractivity contribution in [2.75, 3.05) is 7.05 Å². The summed E-state index contributed by atoms with van der Waals surface area (Å²) in [6.07, 6.45) is 4.04. The molecule has 1 aliphatic rings.